The average Bonchev–Trinajstić information content (AvgIpc) is 1.88. The predicted octanol–water partition coefficient (Wildman–Crippen LogP) is -1.44. The van der Waals surface area contributed by atoms with E-state index < -0.39 is 17.9 Å². The zero-order valence-electron chi connectivity index (χ0n) is 5.11. The van der Waals surface area contributed by atoms with Gasteiger partial charge in [0.1, 0.15) is 6.29 Å². The Hall–Kier alpha value is -1.23. The largest absolute Gasteiger partial charge is 0.480 e. The fourth-order valence-electron chi connectivity index (χ4n) is 0.324. The molecule has 0 aliphatic heterocycles. The molecule has 0 aliphatic carbocycles. The normalized spacial score (nSPS) is 15.3. The zero-order valence-corrected chi connectivity index (χ0v) is 5.11. The molecule has 0 rings (SSSR count). The number of hydrogen-bond acceptors (Lipinski definition) is 4. The Balaban J connectivity index is 4.36. The second-order valence-electron chi connectivity index (χ2n) is 1.83. The number of carboxylic acid groups (broad SMARTS) is 1. The van der Waals surface area contributed by atoms with Gasteiger partial charge in [-0.25, -0.2) is 4.79 Å². The molecule has 10 heavy (non-hydrogen) atoms. The summed E-state index contributed by atoms with van der Waals surface area (Å²) in [6, 6.07) is 0. The third-order valence-corrected chi connectivity index (χ3v) is 1.03. The van der Waals surface area contributed by atoms with Gasteiger partial charge >= 0.3 is 5.97 Å². The third-order valence-electron chi connectivity index (χ3n) is 1.03. The van der Waals surface area contributed by atoms with Crippen LogP contribution in [-0.2, 0) is 14.4 Å². The number of hydrogen-bond donors (Lipinski definition) is 2. The summed E-state index contributed by atoms with van der Waals surface area (Å²) >= 11 is 0. The van der Waals surface area contributed by atoms with Crippen LogP contribution in [0.5, 0.6) is 0 Å². The number of nitrogens with two attached hydrogens (primary N) is 1. The van der Waals surface area contributed by atoms with Crippen molar-refractivity contribution in [1.82, 2.24) is 0 Å². The lowest BCUT2D eigenvalue weighted by atomic mass is 10.0. The summed E-state index contributed by atoms with van der Waals surface area (Å²) in [4.78, 5) is 29.9. The summed E-state index contributed by atoms with van der Waals surface area (Å²) in [5, 5.41) is 8.25. The molecule has 56 valence electrons. The number of carboxylic acids is 1. The van der Waals surface area contributed by atoms with Gasteiger partial charge in [-0.2, -0.15) is 0 Å². The van der Waals surface area contributed by atoms with Crippen LogP contribution in [0.3, 0.4) is 0 Å². The van der Waals surface area contributed by atoms with Crippen LogP contribution < -0.4 is 5.73 Å². The Kier molecular flexibility index (Phi) is 2.69. The van der Waals surface area contributed by atoms with E-state index in [9.17, 15) is 14.4 Å². The monoisotopic (exact) mass is 145 g/mol. The van der Waals surface area contributed by atoms with Crippen LogP contribution in [0, 0.1) is 0 Å². The molecule has 0 amide bonds. The molecule has 1 atom stereocenters. The smallest absolute Gasteiger partial charge is 0.331 e. The highest BCUT2D eigenvalue weighted by molar-refractivity contribution is 5.98. The Morgan fingerprint density at radius 1 is 1.60 bits per heavy atom. The molecule has 0 spiro atoms. The Labute approximate surface area is 56.8 Å². The zero-order chi connectivity index (χ0) is 8.20. The van der Waals surface area contributed by atoms with Gasteiger partial charge in [-0.1, -0.05) is 0 Å². The molecule has 0 aromatic carbocycles. The fourth-order valence-corrected chi connectivity index (χ4v) is 0.324. The van der Waals surface area contributed by atoms with Crippen molar-refractivity contribution >= 4 is 18.5 Å². The number of carbonyl (C=O) groups excluding carboxylic acids is 2. The van der Waals surface area contributed by atoms with Crippen molar-refractivity contribution in [2.24, 2.45) is 5.73 Å². The van der Waals surface area contributed by atoms with Crippen LogP contribution in [0.2, 0.25) is 0 Å². The molecule has 0 fully saturated rings. The van der Waals surface area contributed by atoms with Crippen LogP contribution in [0.15, 0.2) is 0 Å². The number of aldehydes is 2. The maximum atomic E-state index is 10.1. The third kappa shape index (κ3) is 1.63. The lowest BCUT2D eigenvalue weighted by molar-refractivity contribution is -0.146. The number of rotatable bonds is 4. The van der Waals surface area contributed by atoms with E-state index >= 15 is 0 Å². The van der Waals surface area contributed by atoms with Crippen molar-refractivity contribution in [3.63, 3.8) is 0 Å². The second kappa shape index (κ2) is 3.07. The molecule has 0 saturated heterocycles. The van der Waals surface area contributed by atoms with Gasteiger partial charge in [-0.3, -0.25) is 0 Å². The standard InChI is InChI=1S/C5H7NO4/c6-5(3-8,1-2-7)4(9)10/h2-3H,1,6H2,(H,9,10). The lowest BCUT2D eigenvalue weighted by Crippen LogP contribution is -2.49. The summed E-state index contributed by atoms with van der Waals surface area (Å²) in [6.45, 7) is 0. The molecule has 0 saturated carbocycles. The van der Waals surface area contributed by atoms with E-state index in [1.807, 2.05) is 0 Å². The Bertz CT molecular complexity index is 167. The van der Waals surface area contributed by atoms with Crippen molar-refractivity contribution in [1.29, 1.82) is 0 Å². The maximum absolute atomic E-state index is 10.1. The molecule has 0 aromatic heterocycles. The van der Waals surface area contributed by atoms with Crippen LogP contribution in [0.25, 0.3) is 0 Å². The quantitative estimate of drug-likeness (QED) is 0.373. The number of aliphatic carboxylic acids is 1. The summed E-state index contributed by atoms with van der Waals surface area (Å²) in [5.41, 5.74) is 2.91. The van der Waals surface area contributed by atoms with E-state index in [0.29, 0.717) is 6.29 Å². The van der Waals surface area contributed by atoms with E-state index in [4.69, 9.17) is 10.8 Å². The van der Waals surface area contributed by atoms with E-state index in [-0.39, 0.29) is 6.29 Å². The van der Waals surface area contributed by atoms with Crippen LogP contribution in [-0.4, -0.2) is 29.2 Å². The van der Waals surface area contributed by atoms with E-state index in [0.717, 1.165) is 0 Å². The van der Waals surface area contributed by atoms with Gasteiger partial charge in [0.2, 0.25) is 0 Å². The van der Waals surface area contributed by atoms with E-state index in [1.54, 1.807) is 0 Å². The average molecular weight is 145 g/mol. The highest BCUT2D eigenvalue weighted by Gasteiger charge is 2.32. The predicted molar refractivity (Wildman–Crippen MR) is 31.3 cm³/mol. The minimum atomic E-state index is -2.04. The van der Waals surface area contributed by atoms with Gasteiger partial charge in [0.05, 0.1) is 0 Å². The molecule has 1 unspecified atom stereocenters. The molecule has 5 nitrogen and oxygen atoms in total. The number of carbonyl (C=O) groups is 3. The minimum Gasteiger partial charge on any atom is -0.480 e. The molecule has 0 heterocycles. The Morgan fingerprint density at radius 3 is 2.20 bits per heavy atom. The molecule has 0 aliphatic rings. The molecular weight excluding hydrogens is 138 g/mol. The van der Waals surface area contributed by atoms with Gasteiger partial charge < -0.3 is 20.4 Å². The van der Waals surface area contributed by atoms with Gasteiger partial charge in [-0.15, -0.1) is 0 Å². The lowest BCUT2D eigenvalue weighted by Gasteiger charge is -2.12. The topological polar surface area (TPSA) is 97.5 Å². The second-order valence-corrected chi connectivity index (χ2v) is 1.83. The first-order valence-electron chi connectivity index (χ1n) is 2.49. The van der Waals surface area contributed by atoms with E-state index in [1.165, 1.54) is 0 Å². The van der Waals surface area contributed by atoms with Crippen molar-refractivity contribution < 1.29 is 19.5 Å². The van der Waals surface area contributed by atoms with E-state index in [2.05, 4.69) is 0 Å². The summed E-state index contributed by atoms with van der Waals surface area (Å²) < 4.78 is 0. The van der Waals surface area contributed by atoms with Gasteiger partial charge in [-0.05, 0) is 0 Å². The first kappa shape index (κ1) is 8.77. The summed E-state index contributed by atoms with van der Waals surface area (Å²) in [6.07, 6.45) is -0.155. The first-order chi connectivity index (χ1) is 4.56. The SMILES string of the molecule is NC(C=O)(CC=O)C(=O)O. The highest BCUT2D eigenvalue weighted by Crippen LogP contribution is 1.99. The first-order valence-corrected chi connectivity index (χ1v) is 2.49. The minimum absolute atomic E-state index is 0.0454. The van der Waals surface area contributed by atoms with Crippen molar-refractivity contribution in [2.75, 3.05) is 0 Å². The molecular formula is C5H7NO4. The van der Waals surface area contributed by atoms with Crippen LogP contribution in [0.1, 0.15) is 6.42 Å². The van der Waals surface area contributed by atoms with Gasteiger partial charge in [0.25, 0.3) is 0 Å². The van der Waals surface area contributed by atoms with Crippen molar-refractivity contribution in [3.05, 3.63) is 0 Å². The molecule has 0 radical (unpaired) electrons. The van der Waals surface area contributed by atoms with Gasteiger partial charge in [0, 0.05) is 6.42 Å². The molecule has 0 bridgehead atoms. The molecule has 5 heteroatoms. The highest BCUT2D eigenvalue weighted by atomic mass is 16.4. The summed E-state index contributed by atoms with van der Waals surface area (Å²) in [5.74, 6) is -1.49. The van der Waals surface area contributed by atoms with Crippen LogP contribution >= 0.6 is 0 Å². The van der Waals surface area contributed by atoms with Gasteiger partial charge in [0.15, 0.2) is 11.8 Å². The Morgan fingerprint density at radius 2 is 2.10 bits per heavy atom. The fraction of sp³-hybridized carbons (Fsp3) is 0.400. The van der Waals surface area contributed by atoms with Crippen LogP contribution in [0.4, 0.5) is 0 Å². The summed E-state index contributed by atoms with van der Waals surface area (Å²) in [7, 11) is 0. The molecule has 0 aromatic rings. The maximum Gasteiger partial charge on any atom is 0.331 e. The molecule has 3 N–H and O–H groups in total. The van der Waals surface area contributed by atoms with Crippen molar-refractivity contribution in [3.8, 4) is 0 Å². The van der Waals surface area contributed by atoms with Crippen molar-refractivity contribution in [2.45, 2.75) is 12.0 Å².